The fraction of sp³-hybridized carbons (Fsp3) is 0.375. The van der Waals surface area contributed by atoms with E-state index in [0.29, 0.717) is 17.2 Å². The van der Waals surface area contributed by atoms with E-state index in [2.05, 4.69) is 37.0 Å². The Morgan fingerprint density at radius 3 is 2.64 bits per heavy atom. The number of aryl methyl sites for hydroxylation is 1. The Morgan fingerprint density at radius 1 is 1.36 bits per heavy atom. The smallest absolute Gasteiger partial charge is 0.244 e. The summed E-state index contributed by atoms with van der Waals surface area (Å²) in [6.07, 6.45) is 0. The quantitative estimate of drug-likeness (QED) is 0.843. The fourth-order valence-electron chi connectivity index (χ4n) is 2.71. The molecule has 3 heterocycles. The van der Waals surface area contributed by atoms with Gasteiger partial charge in [0.25, 0.3) is 0 Å². The van der Waals surface area contributed by atoms with E-state index in [1.165, 1.54) is 0 Å². The SMILES string of the molecule is Cc1ccc(C2C(C#N)=C(N)Oc3n[nH]c(C(C)(C)C)c32)o1. The molecule has 0 fully saturated rings. The Balaban J connectivity index is 2.27. The summed E-state index contributed by atoms with van der Waals surface area (Å²) in [6, 6.07) is 5.88. The highest BCUT2D eigenvalue weighted by molar-refractivity contribution is 5.54. The molecule has 1 unspecified atom stereocenters. The number of aromatic amines is 1. The van der Waals surface area contributed by atoms with Gasteiger partial charge in [-0.05, 0) is 19.1 Å². The van der Waals surface area contributed by atoms with Crippen LogP contribution in [0, 0.1) is 18.3 Å². The molecule has 1 atom stereocenters. The van der Waals surface area contributed by atoms with Gasteiger partial charge in [0.15, 0.2) is 0 Å². The molecule has 2 aromatic heterocycles. The standard InChI is InChI=1S/C16H18N4O2/c1-8-5-6-10(21-8)11-9(7-17)14(18)22-15-12(11)13(19-20-15)16(2,3)4/h5-6,11H,18H2,1-4H3,(H,19,20). The van der Waals surface area contributed by atoms with Crippen LogP contribution < -0.4 is 10.5 Å². The maximum atomic E-state index is 9.52. The highest BCUT2D eigenvalue weighted by Crippen LogP contribution is 2.45. The number of rotatable bonds is 1. The second-order valence-electron chi connectivity index (χ2n) is 6.44. The molecular formula is C16H18N4O2. The molecule has 0 spiro atoms. The largest absolute Gasteiger partial charge is 0.465 e. The van der Waals surface area contributed by atoms with Crippen LogP contribution >= 0.6 is 0 Å². The molecule has 0 bridgehead atoms. The summed E-state index contributed by atoms with van der Waals surface area (Å²) < 4.78 is 11.3. The maximum Gasteiger partial charge on any atom is 0.244 e. The maximum absolute atomic E-state index is 9.52. The van der Waals surface area contributed by atoms with Crippen LogP contribution in [0.1, 0.15) is 49.5 Å². The van der Waals surface area contributed by atoms with E-state index >= 15 is 0 Å². The number of aromatic nitrogens is 2. The number of H-pyrrole nitrogens is 1. The van der Waals surface area contributed by atoms with Crippen molar-refractivity contribution in [3.63, 3.8) is 0 Å². The summed E-state index contributed by atoms with van der Waals surface area (Å²) in [5, 5.41) is 16.7. The first kappa shape index (κ1) is 14.3. The molecule has 1 aliphatic rings. The zero-order valence-corrected chi connectivity index (χ0v) is 13.0. The Kier molecular flexibility index (Phi) is 3.03. The van der Waals surface area contributed by atoms with Crippen molar-refractivity contribution >= 4 is 0 Å². The number of nitriles is 1. The first-order valence-corrected chi connectivity index (χ1v) is 7.05. The molecule has 0 aromatic carbocycles. The highest BCUT2D eigenvalue weighted by Gasteiger charge is 2.39. The molecule has 3 rings (SSSR count). The van der Waals surface area contributed by atoms with Gasteiger partial charge in [0.05, 0.1) is 11.5 Å². The van der Waals surface area contributed by atoms with Crippen LogP contribution in [-0.2, 0) is 5.41 Å². The van der Waals surface area contributed by atoms with E-state index in [4.69, 9.17) is 14.9 Å². The van der Waals surface area contributed by atoms with E-state index in [1.54, 1.807) is 0 Å². The summed E-state index contributed by atoms with van der Waals surface area (Å²) in [6.45, 7) is 8.07. The molecule has 0 amide bonds. The molecule has 0 saturated carbocycles. The van der Waals surface area contributed by atoms with E-state index in [-0.39, 0.29) is 11.3 Å². The number of nitrogens with two attached hydrogens (primary N) is 1. The van der Waals surface area contributed by atoms with Gasteiger partial charge >= 0.3 is 0 Å². The van der Waals surface area contributed by atoms with Crippen molar-refractivity contribution in [1.82, 2.24) is 10.2 Å². The Morgan fingerprint density at radius 2 is 2.09 bits per heavy atom. The molecule has 6 nitrogen and oxygen atoms in total. The van der Waals surface area contributed by atoms with Gasteiger partial charge in [-0.15, -0.1) is 5.10 Å². The van der Waals surface area contributed by atoms with E-state index in [1.807, 2.05) is 19.1 Å². The lowest BCUT2D eigenvalue weighted by Crippen LogP contribution is -2.23. The minimum atomic E-state index is -0.407. The van der Waals surface area contributed by atoms with E-state index in [9.17, 15) is 5.26 Å². The van der Waals surface area contributed by atoms with E-state index in [0.717, 1.165) is 17.0 Å². The summed E-state index contributed by atoms with van der Waals surface area (Å²) in [4.78, 5) is 0. The van der Waals surface area contributed by atoms with Crippen LogP contribution in [0.3, 0.4) is 0 Å². The number of hydrogen-bond acceptors (Lipinski definition) is 5. The zero-order chi connectivity index (χ0) is 16.1. The Hall–Kier alpha value is -2.68. The van der Waals surface area contributed by atoms with Gasteiger partial charge in [-0.25, -0.2) is 0 Å². The van der Waals surface area contributed by atoms with Crippen molar-refractivity contribution < 1.29 is 9.15 Å². The van der Waals surface area contributed by atoms with Gasteiger partial charge in [-0.3, -0.25) is 5.10 Å². The molecule has 22 heavy (non-hydrogen) atoms. The van der Waals surface area contributed by atoms with Crippen LogP contribution in [0.5, 0.6) is 5.88 Å². The van der Waals surface area contributed by atoms with Gasteiger partial charge in [-0.1, -0.05) is 20.8 Å². The second-order valence-corrected chi connectivity index (χ2v) is 6.44. The topological polar surface area (TPSA) is 101 Å². The third kappa shape index (κ3) is 2.06. The number of ether oxygens (including phenoxy) is 1. The van der Waals surface area contributed by atoms with Crippen molar-refractivity contribution in [2.24, 2.45) is 5.73 Å². The molecule has 114 valence electrons. The summed E-state index contributed by atoms with van der Waals surface area (Å²) in [7, 11) is 0. The first-order chi connectivity index (χ1) is 10.3. The van der Waals surface area contributed by atoms with E-state index < -0.39 is 5.92 Å². The van der Waals surface area contributed by atoms with Crippen molar-refractivity contribution in [3.05, 3.63) is 46.4 Å². The van der Waals surface area contributed by atoms with Crippen molar-refractivity contribution in [2.75, 3.05) is 0 Å². The predicted molar refractivity (Wildman–Crippen MR) is 80.0 cm³/mol. The minimum Gasteiger partial charge on any atom is -0.465 e. The van der Waals surface area contributed by atoms with Gasteiger partial charge in [0.1, 0.15) is 23.2 Å². The summed E-state index contributed by atoms with van der Waals surface area (Å²) >= 11 is 0. The molecule has 0 saturated heterocycles. The Labute approximate surface area is 128 Å². The van der Waals surface area contributed by atoms with Crippen LogP contribution in [0.2, 0.25) is 0 Å². The van der Waals surface area contributed by atoms with Gasteiger partial charge in [0, 0.05) is 11.1 Å². The minimum absolute atomic E-state index is 0.0704. The monoisotopic (exact) mass is 298 g/mol. The number of allylic oxidation sites excluding steroid dienone is 1. The first-order valence-electron chi connectivity index (χ1n) is 7.05. The van der Waals surface area contributed by atoms with Crippen LogP contribution in [0.4, 0.5) is 0 Å². The summed E-state index contributed by atoms with van der Waals surface area (Å²) in [5.41, 5.74) is 7.77. The van der Waals surface area contributed by atoms with Gasteiger partial charge < -0.3 is 14.9 Å². The van der Waals surface area contributed by atoms with Crippen LogP contribution in [0.25, 0.3) is 0 Å². The molecule has 0 radical (unpaired) electrons. The van der Waals surface area contributed by atoms with Crippen molar-refractivity contribution in [1.29, 1.82) is 5.26 Å². The highest BCUT2D eigenvalue weighted by atomic mass is 16.5. The summed E-state index contributed by atoms with van der Waals surface area (Å²) in [5.74, 6) is 1.50. The third-order valence-corrected chi connectivity index (χ3v) is 3.73. The molecule has 3 N–H and O–H groups in total. The molecular weight excluding hydrogens is 280 g/mol. The van der Waals surface area contributed by atoms with Crippen molar-refractivity contribution in [2.45, 2.75) is 39.0 Å². The number of hydrogen-bond donors (Lipinski definition) is 2. The van der Waals surface area contributed by atoms with Gasteiger partial charge in [-0.2, -0.15) is 5.26 Å². The average Bonchev–Trinajstić information content (AvgIpc) is 3.02. The molecule has 1 aliphatic heterocycles. The fourth-order valence-corrected chi connectivity index (χ4v) is 2.71. The zero-order valence-electron chi connectivity index (χ0n) is 13.0. The lowest BCUT2D eigenvalue weighted by molar-refractivity contribution is 0.368. The molecule has 6 heteroatoms. The predicted octanol–water partition coefficient (Wildman–Crippen LogP) is 2.83. The number of nitrogens with zero attached hydrogens (tertiary/aromatic N) is 2. The number of furan rings is 1. The third-order valence-electron chi connectivity index (χ3n) is 3.73. The normalized spacial score (nSPS) is 17.9. The molecule has 0 aliphatic carbocycles. The number of nitrogens with one attached hydrogen (secondary N) is 1. The van der Waals surface area contributed by atoms with Crippen LogP contribution in [0.15, 0.2) is 28.0 Å². The second kappa shape index (κ2) is 4.67. The van der Waals surface area contributed by atoms with Crippen LogP contribution in [-0.4, -0.2) is 10.2 Å². The lowest BCUT2D eigenvalue weighted by Gasteiger charge is -2.26. The lowest BCUT2D eigenvalue weighted by atomic mass is 9.81. The molecule has 2 aromatic rings. The average molecular weight is 298 g/mol. The van der Waals surface area contributed by atoms with Gasteiger partial charge in [0.2, 0.25) is 11.8 Å². The Bertz CT molecular complexity index is 799. The number of fused-ring (bicyclic) bond motifs is 1. The van der Waals surface area contributed by atoms with Crippen molar-refractivity contribution in [3.8, 4) is 11.9 Å².